The topological polar surface area (TPSA) is 88.6 Å². The highest BCUT2D eigenvalue weighted by Crippen LogP contribution is 2.21. The fourth-order valence-corrected chi connectivity index (χ4v) is 2.89. The van der Waals surface area contributed by atoms with Gasteiger partial charge in [0.05, 0.1) is 17.8 Å². The lowest BCUT2D eigenvalue weighted by Crippen LogP contribution is -2.47. The molecule has 3 rings (SSSR count). The van der Waals surface area contributed by atoms with Crippen molar-refractivity contribution in [3.63, 3.8) is 0 Å². The summed E-state index contributed by atoms with van der Waals surface area (Å²) in [4.78, 5) is 25.2. The quantitative estimate of drug-likeness (QED) is 0.924. The van der Waals surface area contributed by atoms with Crippen LogP contribution in [0.3, 0.4) is 0 Å². The third kappa shape index (κ3) is 3.39. The first-order valence-electron chi connectivity index (χ1n) is 7.35. The lowest BCUT2D eigenvalue weighted by Gasteiger charge is -2.32. The fraction of sp³-hybridized carbons (Fsp3) is 0.400. The van der Waals surface area contributed by atoms with Crippen molar-refractivity contribution in [2.24, 2.45) is 0 Å². The lowest BCUT2D eigenvalue weighted by molar-refractivity contribution is -0.143. The molecule has 23 heavy (non-hydrogen) atoms. The van der Waals surface area contributed by atoms with Crippen molar-refractivity contribution < 1.29 is 19.1 Å². The van der Waals surface area contributed by atoms with Gasteiger partial charge in [-0.25, -0.2) is 4.79 Å². The largest absolute Gasteiger partial charge is 0.480 e. The van der Waals surface area contributed by atoms with E-state index in [-0.39, 0.29) is 11.7 Å². The molecule has 2 aromatic rings. The number of carboxylic acids is 1. The van der Waals surface area contributed by atoms with E-state index in [0.29, 0.717) is 30.3 Å². The predicted molar refractivity (Wildman–Crippen MR) is 81.4 cm³/mol. The number of hydrogen-bond acceptors (Lipinski definition) is 4. The highest BCUT2D eigenvalue weighted by Gasteiger charge is 2.33. The average molecular weight is 338 g/mol. The van der Waals surface area contributed by atoms with Crippen LogP contribution in [0.4, 0.5) is 0 Å². The number of hydrogen-bond donors (Lipinski definition) is 1. The molecule has 0 radical (unpaired) electrons. The number of carbonyl (C=O) groups is 2. The van der Waals surface area contributed by atoms with E-state index in [1.165, 1.54) is 11.1 Å². The van der Waals surface area contributed by atoms with Crippen molar-refractivity contribution in [3.05, 3.63) is 41.1 Å². The monoisotopic (exact) mass is 337 g/mol. The SMILES string of the molecule is O=C(O)[C@H]1CCCCN1C(=O)c1ccc(Cn2cc(Cl)cn2)o1. The summed E-state index contributed by atoms with van der Waals surface area (Å²) >= 11 is 5.80. The van der Waals surface area contributed by atoms with Crippen LogP contribution in [0, 0.1) is 0 Å². The molecular formula is C15H16ClN3O4. The molecule has 8 heteroatoms. The average Bonchev–Trinajstić information content (AvgIpc) is 3.16. The first kappa shape index (κ1) is 15.6. The summed E-state index contributed by atoms with van der Waals surface area (Å²) in [6.07, 6.45) is 5.25. The molecule has 0 spiro atoms. The molecule has 2 aromatic heterocycles. The van der Waals surface area contributed by atoms with E-state index >= 15 is 0 Å². The van der Waals surface area contributed by atoms with E-state index in [1.807, 2.05) is 0 Å². The van der Waals surface area contributed by atoms with Crippen LogP contribution >= 0.6 is 11.6 Å². The molecule has 0 aliphatic carbocycles. The van der Waals surface area contributed by atoms with Crippen LogP contribution in [-0.4, -0.2) is 44.3 Å². The Kier molecular flexibility index (Phi) is 4.38. The van der Waals surface area contributed by atoms with Gasteiger partial charge in [0, 0.05) is 12.7 Å². The van der Waals surface area contributed by atoms with Crippen LogP contribution in [-0.2, 0) is 11.3 Å². The molecule has 1 fully saturated rings. The Bertz CT molecular complexity index is 724. The number of nitrogens with zero attached hydrogens (tertiary/aromatic N) is 3. The van der Waals surface area contributed by atoms with Gasteiger partial charge in [-0.05, 0) is 31.4 Å². The van der Waals surface area contributed by atoms with Gasteiger partial charge in [-0.3, -0.25) is 9.48 Å². The minimum absolute atomic E-state index is 0.145. The predicted octanol–water partition coefficient (Wildman–Crippen LogP) is 2.26. The molecule has 1 amide bonds. The second-order valence-electron chi connectivity index (χ2n) is 5.47. The number of rotatable bonds is 4. The number of carboxylic acid groups (broad SMARTS) is 1. The van der Waals surface area contributed by atoms with Gasteiger partial charge in [0.1, 0.15) is 11.8 Å². The molecule has 0 bridgehead atoms. The van der Waals surface area contributed by atoms with Crippen molar-refractivity contribution >= 4 is 23.5 Å². The maximum atomic E-state index is 12.5. The second kappa shape index (κ2) is 6.45. The molecule has 1 atom stereocenters. The smallest absolute Gasteiger partial charge is 0.326 e. The maximum absolute atomic E-state index is 12.5. The molecule has 3 heterocycles. The lowest BCUT2D eigenvalue weighted by atomic mass is 10.0. The van der Waals surface area contributed by atoms with Gasteiger partial charge in [0.15, 0.2) is 5.76 Å². The van der Waals surface area contributed by atoms with Gasteiger partial charge in [0.25, 0.3) is 5.91 Å². The fourth-order valence-electron chi connectivity index (χ4n) is 2.74. The highest BCUT2D eigenvalue weighted by molar-refractivity contribution is 6.30. The Hall–Kier alpha value is -2.28. The van der Waals surface area contributed by atoms with Crippen molar-refractivity contribution in [1.82, 2.24) is 14.7 Å². The summed E-state index contributed by atoms with van der Waals surface area (Å²) in [5, 5.41) is 13.8. The molecule has 0 aromatic carbocycles. The van der Waals surface area contributed by atoms with Gasteiger partial charge in [-0.1, -0.05) is 11.6 Å². The zero-order valence-corrected chi connectivity index (χ0v) is 13.1. The Morgan fingerprint density at radius 1 is 1.39 bits per heavy atom. The van der Waals surface area contributed by atoms with Crippen LogP contribution in [0.5, 0.6) is 0 Å². The van der Waals surface area contributed by atoms with Crippen LogP contribution < -0.4 is 0 Å². The van der Waals surface area contributed by atoms with Gasteiger partial charge in [0.2, 0.25) is 0 Å². The Labute approximate surface area is 137 Å². The third-order valence-electron chi connectivity index (χ3n) is 3.84. The normalized spacial score (nSPS) is 18.1. The van der Waals surface area contributed by atoms with Crippen molar-refractivity contribution in [2.45, 2.75) is 31.8 Å². The summed E-state index contributed by atoms with van der Waals surface area (Å²) in [6, 6.07) is 2.47. The summed E-state index contributed by atoms with van der Waals surface area (Å²) in [5.74, 6) is -0.665. The number of amides is 1. The highest BCUT2D eigenvalue weighted by atomic mass is 35.5. The number of furan rings is 1. The second-order valence-corrected chi connectivity index (χ2v) is 5.91. The van der Waals surface area contributed by atoms with E-state index < -0.39 is 12.0 Å². The van der Waals surface area contributed by atoms with Crippen molar-refractivity contribution in [1.29, 1.82) is 0 Å². The van der Waals surface area contributed by atoms with E-state index in [4.69, 9.17) is 16.0 Å². The van der Waals surface area contributed by atoms with E-state index in [2.05, 4.69) is 5.10 Å². The first-order chi connectivity index (χ1) is 11.0. The molecule has 122 valence electrons. The number of aromatic nitrogens is 2. The zero-order chi connectivity index (χ0) is 16.4. The zero-order valence-electron chi connectivity index (χ0n) is 12.3. The Morgan fingerprint density at radius 3 is 2.91 bits per heavy atom. The summed E-state index contributed by atoms with van der Waals surface area (Å²) in [6.45, 7) is 0.781. The number of halogens is 1. The minimum Gasteiger partial charge on any atom is -0.480 e. The van der Waals surface area contributed by atoms with E-state index in [0.717, 1.165) is 12.8 Å². The Morgan fingerprint density at radius 2 is 2.22 bits per heavy atom. The molecule has 0 unspecified atom stereocenters. The molecule has 0 saturated carbocycles. The maximum Gasteiger partial charge on any atom is 0.326 e. The van der Waals surface area contributed by atoms with Gasteiger partial charge in [-0.2, -0.15) is 5.10 Å². The number of piperidine rings is 1. The Balaban J connectivity index is 1.73. The molecule has 1 saturated heterocycles. The molecule has 7 nitrogen and oxygen atoms in total. The van der Waals surface area contributed by atoms with Gasteiger partial charge in [-0.15, -0.1) is 0 Å². The summed E-state index contributed by atoms with van der Waals surface area (Å²) in [5.41, 5.74) is 0. The number of likely N-dealkylation sites (tertiary alicyclic amines) is 1. The standard InChI is InChI=1S/C15H16ClN3O4/c16-10-7-17-18(8-10)9-11-4-5-13(23-11)14(20)19-6-2-1-3-12(19)15(21)22/h4-5,7-8,12H,1-3,6,9H2,(H,21,22)/t12-/m1/s1. The molecular weight excluding hydrogens is 322 g/mol. The molecule has 1 N–H and O–H groups in total. The first-order valence-corrected chi connectivity index (χ1v) is 7.73. The van der Waals surface area contributed by atoms with Crippen LogP contribution in [0.2, 0.25) is 5.02 Å². The third-order valence-corrected chi connectivity index (χ3v) is 4.04. The van der Waals surface area contributed by atoms with Gasteiger partial charge < -0.3 is 14.4 Å². The molecule has 1 aliphatic heterocycles. The summed E-state index contributed by atoms with van der Waals surface area (Å²) in [7, 11) is 0. The number of aliphatic carboxylic acids is 1. The van der Waals surface area contributed by atoms with Gasteiger partial charge >= 0.3 is 5.97 Å². The van der Waals surface area contributed by atoms with E-state index in [1.54, 1.807) is 23.0 Å². The molecule has 1 aliphatic rings. The van der Waals surface area contributed by atoms with Crippen molar-refractivity contribution in [3.8, 4) is 0 Å². The van der Waals surface area contributed by atoms with Crippen molar-refractivity contribution in [2.75, 3.05) is 6.54 Å². The number of carbonyl (C=O) groups excluding carboxylic acids is 1. The summed E-state index contributed by atoms with van der Waals surface area (Å²) < 4.78 is 7.15. The van der Waals surface area contributed by atoms with Crippen LogP contribution in [0.25, 0.3) is 0 Å². The minimum atomic E-state index is -0.976. The van der Waals surface area contributed by atoms with Crippen LogP contribution in [0.1, 0.15) is 35.6 Å². The van der Waals surface area contributed by atoms with E-state index in [9.17, 15) is 14.7 Å². The van der Waals surface area contributed by atoms with Crippen LogP contribution in [0.15, 0.2) is 28.9 Å².